The predicted molar refractivity (Wildman–Crippen MR) is 169 cm³/mol. The first-order valence-electron chi connectivity index (χ1n) is 14.5. The number of para-hydroxylation sites is 1. The molecule has 0 saturated carbocycles. The molecule has 4 aromatic carbocycles. The van der Waals surface area contributed by atoms with E-state index in [2.05, 4.69) is 5.32 Å². The van der Waals surface area contributed by atoms with Crippen molar-refractivity contribution in [3.05, 3.63) is 129 Å². The van der Waals surface area contributed by atoms with Gasteiger partial charge >= 0.3 is 0 Å². The maximum absolute atomic E-state index is 16.3. The average Bonchev–Trinajstić information content (AvgIpc) is 3.12. The van der Waals surface area contributed by atoms with E-state index in [1.807, 2.05) is 30.3 Å². The third-order valence-electron chi connectivity index (χ3n) is 8.02. The molecule has 0 aromatic heterocycles. The van der Waals surface area contributed by atoms with Gasteiger partial charge in [0.2, 0.25) is 0 Å². The van der Waals surface area contributed by atoms with E-state index in [0.29, 0.717) is 5.56 Å². The van der Waals surface area contributed by atoms with E-state index in [0.717, 1.165) is 22.6 Å². The zero-order valence-electron chi connectivity index (χ0n) is 25.0. The highest BCUT2D eigenvalue weighted by atomic mass is 32.2. The number of aromatic hydroxyl groups is 1. The Kier molecular flexibility index (Phi) is 7.64. The number of carbonyl (C=O) groups excluding carboxylic acids is 1. The lowest BCUT2D eigenvalue weighted by Gasteiger charge is -2.37. The minimum atomic E-state index is -4.13. The molecule has 7 nitrogen and oxygen atoms in total. The van der Waals surface area contributed by atoms with Crippen LogP contribution in [0.3, 0.4) is 0 Å². The molecule has 1 atom stereocenters. The van der Waals surface area contributed by atoms with Crippen LogP contribution in [0.15, 0.2) is 95.5 Å². The van der Waals surface area contributed by atoms with Crippen LogP contribution in [0.25, 0.3) is 0 Å². The number of ether oxygens (including phenoxy) is 1. The van der Waals surface area contributed by atoms with Gasteiger partial charge in [-0.3, -0.25) is 9.69 Å². The van der Waals surface area contributed by atoms with Crippen molar-refractivity contribution < 1.29 is 31.8 Å². The molecule has 0 aliphatic carbocycles. The molecular weight excluding hydrogens is 598 g/mol. The second-order valence-corrected chi connectivity index (χ2v) is 14.2. The van der Waals surface area contributed by atoms with Gasteiger partial charge in [0, 0.05) is 17.3 Å². The lowest BCUT2D eigenvalue weighted by atomic mass is 9.88. The summed E-state index contributed by atoms with van der Waals surface area (Å²) in [6, 6.07) is 20.3. The number of benzene rings is 4. The largest absolute Gasteiger partial charge is 0.506 e. The number of hydrogen-bond acceptors (Lipinski definition) is 6. The zero-order valence-corrected chi connectivity index (χ0v) is 25.8. The Labute approximate surface area is 260 Å². The maximum Gasteiger partial charge on any atom is 0.262 e. The molecular formula is C35H32F2N2O5S. The lowest BCUT2D eigenvalue weighted by Crippen LogP contribution is -2.41. The summed E-state index contributed by atoms with van der Waals surface area (Å²) in [7, 11) is -4.13. The molecule has 1 unspecified atom stereocenters. The van der Waals surface area contributed by atoms with Crippen LogP contribution in [0.2, 0.25) is 0 Å². The van der Waals surface area contributed by atoms with E-state index < -0.39 is 38.8 Å². The normalized spacial score (nSPS) is 18.3. The number of halogens is 2. The second-order valence-electron chi connectivity index (χ2n) is 12.3. The van der Waals surface area contributed by atoms with Gasteiger partial charge in [-0.05, 0) is 60.7 Å². The van der Waals surface area contributed by atoms with Crippen molar-refractivity contribution in [3.63, 3.8) is 0 Å². The predicted octanol–water partition coefficient (Wildman–Crippen LogP) is 7.43. The van der Waals surface area contributed by atoms with Crippen molar-refractivity contribution in [1.29, 1.82) is 0 Å². The van der Waals surface area contributed by atoms with Crippen LogP contribution in [0.1, 0.15) is 53.4 Å². The molecule has 2 aliphatic rings. The third kappa shape index (κ3) is 5.78. The Morgan fingerprint density at radius 2 is 1.76 bits per heavy atom. The van der Waals surface area contributed by atoms with Crippen molar-refractivity contribution >= 4 is 27.1 Å². The fourth-order valence-electron chi connectivity index (χ4n) is 6.10. The van der Waals surface area contributed by atoms with Gasteiger partial charge in [-0.1, -0.05) is 61.9 Å². The molecule has 2 N–H and O–H groups in total. The van der Waals surface area contributed by atoms with Crippen LogP contribution >= 0.6 is 0 Å². The molecule has 0 radical (unpaired) electrons. The summed E-state index contributed by atoms with van der Waals surface area (Å²) < 4.78 is 65.7. The van der Waals surface area contributed by atoms with Gasteiger partial charge in [0.1, 0.15) is 41.5 Å². The highest BCUT2D eigenvalue weighted by Gasteiger charge is 2.48. The number of carbonyl (C=O) groups is 1. The van der Waals surface area contributed by atoms with Crippen molar-refractivity contribution in [2.45, 2.75) is 39.8 Å². The van der Waals surface area contributed by atoms with E-state index in [9.17, 15) is 18.3 Å². The number of anilines is 2. The Bertz CT molecular complexity index is 1960. The number of sulfone groups is 1. The Morgan fingerprint density at radius 3 is 2.49 bits per heavy atom. The van der Waals surface area contributed by atoms with E-state index in [1.54, 1.807) is 20.8 Å². The Morgan fingerprint density at radius 1 is 1.00 bits per heavy atom. The number of allylic oxidation sites excluding steroid dienone is 1. The van der Waals surface area contributed by atoms with E-state index in [4.69, 9.17) is 4.74 Å². The molecule has 0 bridgehead atoms. The minimum Gasteiger partial charge on any atom is -0.506 e. The van der Waals surface area contributed by atoms with Crippen molar-refractivity contribution in [3.8, 4) is 11.5 Å². The number of amides is 1. The van der Waals surface area contributed by atoms with Crippen molar-refractivity contribution in [2.75, 3.05) is 16.0 Å². The molecule has 0 saturated heterocycles. The van der Waals surface area contributed by atoms with Crippen LogP contribution < -0.4 is 15.0 Å². The standard InChI is InChI=1S/C35H32F2N2O5S/c1-21-12-15-26(36)25(16-21)34(41)39-29-10-7-11-30(40)31(29)38-28-18-35(2,3)20-45(42,43)33(28)32(39)24-14-13-23(17-27(24)37)44-19-22-8-5-4-6-9-22/h4-17,32,38,40H,18-20H2,1-3H3. The fourth-order valence-corrected chi connectivity index (χ4v) is 8.46. The van der Waals surface area contributed by atoms with Crippen LogP contribution in [0.4, 0.5) is 20.2 Å². The van der Waals surface area contributed by atoms with E-state index >= 15 is 8.78 Å². The summed E-state index contributed by atoms with van der Waals surface area (Å²) in [6.07, 6.45) is 0.229. The molecule has 0 fully saturated rings. The van der Waals surface area contributed by atoms with E-state index in [-0.39, 0.29) is 63.4 Å². The average molecular weight is 631 g/mol. The van der Waals surface area contributed by atoms with Crippen LogP contribution in [-0.4, -0.2) is 25.2 Å². The molecule has 232 valence electrons. The van der Waals surface area contributed by atoms with Gasteiger partial charge < -0.3 is 15.2 Å². The first kappa shape index (κ1) is 30.3. The van der Waals surface area contributed by atoms with Crippen LogP contribution in [-0.2, 0) is 16.4 Å². The Balaban J connectivity index is 1.58. The SMILES string of the molecule is Cc1ccc(F)c(C(=O)N2c3cccc(O)c3NC3=C(C2c2ccc(OCc4ccccc4)cc2F)S(=O)(=O)CC(C)(C)C3)c1. The molecule has 10 heteroatoms. The number of aryl methyl sites for hydroxylation is 1. The number of nitrogens with one attached hydrogen (secondary N) is 1. The number of phenolic OH excluding ortho intramolecular Hbond substituents is 1. The van der Waals surface area contributed by atoms with Gasteiger partial charge in [-0.15, -0.1) is 0 Å². The highest BCUT2D eigenvalue weighted by molar-refractivity contribution is 7.95. The fraction of sp³-hybridized carbons (Fsp3) is 0.229. The zero-order chi connectivity index (χ0) is 32.1. The van der Waals surface area contributed by atoms with Gasteiger partial charge in [-0.2, -0.15) is 0 Å². The molecule has 0 spiro atoms. The topological polar surface area (TPSA) is 95.9 Å². The maximum atomic E-state index is 16.3. The third-order valence-corrected chi connectivity index (χ3v) is 10.3. The molecule has 6 rings (SSSR count). The smallest absolute Gasteiger partial charge is 0.262 e. The van der Waals surface area contributed by atoms with Gasteiger partial charge in [0.15, 0.2) is 9.84 Å². The first-order chi connectivity index (χ1) is 21.3. The summed E-state index contributed by atoms with van der Waals surface area (Å²) in [5, 5.41) is 14.1. The van der Waals surface area contributed by atoms with Crippen molar-refractivity contribution in [1.82, 2.24) is 0 Å². The minimum absolute atomic E-state index is 0.0602. The summed E-state index contributed by atoms with van der Waals surface area (Å²) >= 11 is 0. The summed E-state index contributed by atoms with van der Waals surface area (Å²) in [6.45, 7) is 5.47. The summed E-state index contributed by atoms with van der Waals surface area (Å²) in [5.41, 5.74) is 0.654. The number of rotatable bonds is 5. The number of hydrogen-bond donors (Lipinski definition) is 2. The highest BCUT2D eigenvalue weighted by Crippen LogP contribution is 2.52. The molecule has 2 heterocycles. The molecule has 1 amide bonds. The molecule has 4 aromatic rings. The van der Waals surface area contributed by atoms with Crippen LogP contribution in [0, 0.1) is 24.0 Å². The number of phenols is 1. The summed E-state index contributed by atoms with van der Waals surface area (Å²) in [4.78, 5) is 15.3. The van der Waals surface area contributed by atoms with Gasteiger partial charge in [0.25, 0.3) is 5.91 Å². The van der Waals surface area contributed by atoms with E-state index in [1.165, 1.54) is 42.5 Å². The molecule has 2 aliphatic heterocycles. The van der Waals surface area contributed by atoms with Gasteiger partial charge in [-0.25, -0.2) is 17.2 Å². The second kappa shape index (κ2) is 11.3. The monoisotopic (exact) mass is 630 g/mol. The number of fused-ring (bicyclic) bond motifs is 1. The van der Waals surface area contributed by atoms with Crippen molar-refractivity contribution in [2.24, 2.45) is 5.41 Å². The first-order valence-corrected chi connectivity index (χ1v) is 16.1. The van der Waals surface area contributed by atoms with Gasteiger partial charge in [0.05, 0.1) is 21.9 Å². The number of nitrogens with zero attached hydrogens (tertiary/aromatic N) is 1. The molecule has 45 heavy (non-hydrogen) atoms. The van der Waals surface area contributed by atoms with Crippen LogP contribution in [0.5, 0.6) is 11.5 Å². The lowest BCUT2D eigenvalue weighted by molar-refractivity contribution is 0.0976. The summed E-state index contributed by atoms with van der Waals surface area (Å²) in [5.74, 6) is -2.85. The Hall–Kier alpha value is -4.70. The quantitative estimate of drug-likeness (QED) is 0.223.